The number of nitro groups is 1. The Morgan fingerprint density at radius 2 is 1.88 bits per heavy atom. The lowest BCUT2D eigenvalue weighted by molar-refractivity contribution is -0.384. The van der Waals surface area contributed by atoms with Crippen LogP contribution in [0.25, 0.3) is 0 Å². The average Bonchev–Trinajstić information content (AvgIpc) is 2.67. The van der Waals surface area contributed by atoms with E-state index in [1.54, 1.807) is 12.3 Å². The zero-order chi connectivity index (χ0) is 17.6. The van der Waals surface area contributed by atoms with Crippen LogP contribution in [0.1, 0.15) is 18.4 Å². The SMILES string of the molecule is O=C(C#Cc1ccccc1)C1CCN(c2ncccc2[N+](=O)[O-])CC1. The molecule has 0 aliphatic carbocycles. The summed E-state index contributed by atoms with van der Waals surface area (Å²) in [4.78, 5) is 29.0. The third-order valence-corrected chi connectivity index (χ3v) is 4.23. The van der Waals surface area contributed by atoms with Gasteiger partial charge in [0, 0.05) is 36.8 Å². The summed E-state index contributed by atoms with van der Waals surface area (Å²) < 4.78 is 0. The molecule has 1 aliphatic heterocycles. The van der Waals surface area contributed by atoms with Crippen molar-refractivity contribution in [3.8, 4) is 11.8 Å². The zero-order valence-corrected chi connectivity index (χ0v) is 13.6. The first-order valence-corrected chi connectivity index (χ1v) is 8.10. The van der Waals surface area contributed by atoms with Gasteiger partial charge in [0.25, 0.3) is 0 Å². The Bertz CT molecular complexity index is 832. The van der Waals surface area contributed by atoms with Crippen LogP contribution in [-0.4, -0.2) is 28.8 Å². The molecule has 0 amide bonds. The first kappa shape index (κ1) is 16.7. The van der Waals surface area contributed by atoms with Gasteiger partial charge in [-0.25, -0.2) is 4.98 Å². The van der Waals surface area contributed by atoms with Gasteiger partial charge in [0.2, 0.25) is 11.6 Å². The Kier molecular flexibility index (Phi) is 5.05. The van der Waals surface area contributed by atoms with Crippen LogP contribution in [0.15, 0.2) is 48.7 Å². The van der Waals surface area contributed by atoms with Crippen LogP contribution >= 0.6 is 0 Å². The second kappa shape index (κ2) is 7.58. The van der Waals surface area contributed by atoms with Crippen molar-refractivity contribution in [3.63, 3.8) is 0 Å². The number of rotatable bonds is 3. The van der Waals surface area contributed by atoms with E-state index in [0.717, 1.165) is 5.56 Å². The van der Waals surface area contributed by atoms with Crippen LogP contribution < -0.4 is 4.90 Å². The van der Waals surface area contributed by atoms with Gasteiger partial charge in [0.1, 0.15) is 0 Å². The van der Waals surface area contributed by atoms with Crippen molar-refractivity contribution < 1.29 is 9.72 Å². The third kappa shape index (κ3) is 4.01. The molecule has 2 aromatic rings. The number of hydrogen-bond donors (Lipinski definition) is 0. The molecule has 25 heavy (non-hydrogen) atoms. The van der Waals surface area contributed by atoms with Crippen LogP contribution in [0, 0.1) is 27.9 Å². The van der Waals surface area contributed by atoms with Gasteiger partial charge in [0.05, 0.1) is 4.92 Å². The number of benzene rings is 1. The fraction of sp³-hybridized carbons (Fsp3) is 0.263. The molecule has 3 rings (SSSR count). The molecule has 1 aromatic heterocycles. The van der Waals surface area contributed by atoms with Gasteiger partial charge < -0.3 is 4.90 Å². The number of piperidine rings is 1. The highest BCUT2D eigenvalue weighted by molar-refractivity contribution is 5.98. The molecule has 0 spiro atoms. The summed E-state index contributed by atoms with van der Waals surface area (Å²) in [5, 5.41) is 11.1. The summed E-state index contributed by atoms with van der Waals surface area (Å²) in [6.07, 6.45) is 2.79. The van der Waals surface area contributed by atoms with E-state index in [9.17, 15) is 14.9 Å². The Balaban J connectivity index is 1.64. The summed E-state index contributed by atoms with van der Waals surface area (Å²) in [6.45, 7) is 1.11. The molecule has 6 heteroatoms. The first-order valence-electron chi connectivity index (χ1n) is 8.10. The molecule has 1 saturated heterocycles. The fourth-order valence-corrected chi connectivity index (χ4v) is 2.89. The maximum Gasteiger partial charge on any atom is 0.311 e. The van der Waals surface area contributed by atoms with E-state index in [1.165, 1.54) is 6.07 Å². The smallest absolute Gasteiger partial charge is 0.311 e. The van der Waals surface area contributed by atoms with Crippen LogP contribution in [0.2, 0.25) is 0 Å². The molecule has 2 heterocycles. The van der Waals surface area contributed by atoms with Crippen molar-refractivity contribution in [1.82, 2.24) is 4.98 Å². The highest BCUT2D eigenvalue weighted by Gasteiger charge is 2.28. The highest BCUT2D eigenvalue weighted by atomic mass is 16.6. The predicted octanol–water partition coefficient (Wildman–Crippen LogP) is 2.83. The maximum atomic E-state index is 12.3. The van der Waals surface area contributed by atoms with Crippen molar-refractivity contribution in [1.29, 1.82) is 0 Å². The Labute approximate surface area is 145 Å². The van der Waals surface area contributed by atoms with Crippen molar-refractivity contribution >= 4 is 17.3 Å². The monoisotopic (exact) mass is 335 g/mol. The largest absolute Gasteiger partial charge is 0.351 e. The second-order valence-electron chi connectivity index (χ2n) is 5.84. The van der Waals surface area contributed by atoms with E-state index < -0.39 is 4.92 Å². The zero-order valence-electron chi connectivity index (χ0n) is 13.6. The summed E-state index contributed by atoms with van der Waals surface area (Å²) >= 11 is 0. The van der Waals surface area contributed by atoms with Crippen LogP contribution in [0.5, 0.6) is 0 Å². The van der Waals surface area contributed by atoms with Gasteiger partial charge in [0.15, 0.2) is 0 Å². The molecule has 0 saturated carbocycles. The van der Waals surface area contributed by atoms with Gasteiger partial charge in [-0.05, 0) is 37.0 Å². The highest BCUT2D eigenvalue weighted by Crippen LogP contribution is 2.29. The fourth-order valence-electron chi connectivity index (χ4n) is 2.89. The minimum absolute atomic E-state index is 0.00357. The number of pyridine rings is 1. The lowest BCUT2D eigenvalue weighted by Gasteiger charge is -2.30. The number of carbonyl (C=O) groups excluding carboxylic acids is 1. The van der Waals surface area contributed by atoms with E-state index >= 15 is 0 Å². The van der Waals surface area contributed by atoms with Crippen molar-refractivity contribution in [2.24, 2.45) is 5.92 Å². The number of nitrogens with zero attached hydrogens (tertiary/aromatic N) is 3. The molecule has 1 aliphatic rings. The van der Waals surface area contributed by atoms with E-state index in [2.05, 4.69) is 16.8 Å². The maximum absolute atomic E-state index is 12.3. The Hall–Kier alpha value is -3.20. The quantitative estimate of drug-likeness (QED) is 0.490. The average molecular weight is 335 g/mol. The molecular weight excluding hydrogens is 318 g/mol. The molecule has 1 aromatic carbocycles. The van der Waals surface area contributed by atoms with Crippen molar-refractivity contribution in [3.05, 3.63) is 64.3 Å². The van der Waals surface area contributed by atoms with Gasteiger partial charge in [-0.15, -0.1) is 0 Å². The lowest BCUT2D eigenvalue weighted by Crippen LogP contribution is -2.36. The van der Waals surface area contributed by atoms with Crippen molar-refractivity contribution in [2.45, 2.75) is 12.8 Å². The molecule has 0 bridgehead atoms. The predicted molar refractivity (Wildman–Crippen MR) is 94.2 cm³/mol. The molecular formula is C19H17N3O3. The molecule has 6 nitrogen and oxygen atoms in total. The first-order chi connectivity index (χ1) is 12.1. The summed E-state index contributed by atoms with van der Waals surface area (Å²) in [6, 6.07) is 12.4. The van der Waals surface area contributed by atoms with E-state index in [1.807, 2.05) is 35.2 Å². The summed E-state index contributed by atoms with van der Waals surface area (Å²) in [7, 11) is 0. The Morgan fingerprint density at radius 3 is 2.56 bits per heavy atom. The number of anilines is 1. The van der Waals surface area contributed by atoms with Gasteiger partial charge in [-0.1, -0.05) is 24.1 Å². The summed E-state index contributed by atoms with van der Waals surface area (Å²) in [5.74, 6) is 5.78. The standard InChI is InChI=1S/C19H17N3O3/c23-18(9-8-15-5-2-1-3-6-15)16-10-13-21(14-11-16)19-17(22(24)25)7-4-12-20-19/h1-7,12,16H,10-11,13-14H2. The van der Waals surface area contributed by atoms with Gasteiger partial charge >= 0.3 is 5.69 Å². The molecule has 126 valence electrons. The van der Waals surface area contributed by atoms with E-state index in [-0.39, 0.29) is 17.4 Å². The number of Topliss-reactive ketones (excluding diaryl/α,β-unsaturated/α-hetero) is 1. The number of hydrogen-bond acceptors (Lipinski definition) is 5. The molecule has 0 N–H and O–H groups in total. The van der Waals surface area contributed by atoms with Crippen LogP contribution in [-0.2, 0) is 4.79 Å². The van der Waals surface area contributed by atoms with Crippen LogP contribution in [0.4, 0.5) is 11.5 Å². The minimum Gasteiger partial charge on any atom is -0.351 e. The molecule has 0 unspecified atom stereocenters. The molecule has 1 fully saturated rings. The molecule has 0 radical (unpaired) electrons. The van der Waals surface area contributed by atoms with Gasteiger partial charge in [-0.3, -0.25) is 14.9 Å². The lowest BCUT2D eigenvalue weighted by atomic mass is 9.92. The minimum atomic E-state index is -0.426. The third-order valence-electron chi connectivity index (χ3n) is 4.23. The number of aromatic nitrogens is 1. The van der Waals surface area contributed by atoms with Crippen LogP contribution in [0.3, 0.4) is 0 Å². The molecule has 0 atom stereocenters. The van der Waals surface area contributed by atoms with E-state index in [4.69, 9.17) is 0 Å². The number of carbonyl (C=O) groups is 1. The van der Waals surface area contributed by atoms with Crippen molar-refractivity contribution in [2.75, 3.05) is 18.0 Å². The summed E-state index contributed by atoms with van der Waals surface area (Å²) in [5.41, 5.74) is 0.813. The topological polar surface area (TPSA) is 76.3 Å². The van der Waals surface area contributed by atoms with E-state index in [0.29, 0.717) is 31.7 Å². The number of ketones is 1. The second-order valence-corrected chi connectivity index (χ2v) is 5.84. The normalized spacial score (nSPS) is 14.5. The van der Waals surface area contributed by atoms with Gasteiger partial charge in [-0.2, -0.15) is 0 Å². The Morgan fingerprint density at radius 1 is 1.16 bits per heavy atom.